The Morgan fingerprint density at radius 3 is 2.38 bits per heavy atom. The van der Waals surface area contributed by atoms with Crippen LogP contribution in [0.2, 0.25) is 0 Å². The van der Waals surface area contributed by atoms with Gasteiger partial charge in [-0.25, -0.2) is 14.8 Å². The number of anilines is 3. The van der Waals surface area contributed by atoms with E-state index in [1.165, 1.54) is 12.1 Å². The van der Waals surface area contributed by atoms with Gasteiger partial charge in [-0.1, -0.05) is 6.58 Å². The highest BCUT2D eigenvalue weighted by Crippen LogP contribution is 2.24. The summed E-state index contributed by atoms with van der Waals surface area (Å²) in [5.41, 5.74) is 14.0. The largest absolute Gasteiger partial charge is 0.481 e. The first kappa shape index (κ1) is 25.8. The molecule has 0 radical (unpaired) electrons. The van der Waals surface area contributed by atoms with Gasteiger partial charge in [0.05, 0.1) is 18.0 Å². The minimum atomic E-state index is -1.30. The molecule has 1 heterocycles. The van der Waals surface area contributed by atoms with Crippen molar-refractivity contribution in [3.8, 4) is 0 Å². The lowest BCUT2D eigenvalue weighted by molar-refractivity contribution is -0.140. The molecule has 0 spiro atoms. The zero-order valence-electron chi connectivity index (χ0n) is 18.9. The molecule has 0 aliphatic heterocycles. The molecule has 0 aliphatic rings. The Bertz CT molecular complexity index is 1090. The number of aromatic nitrogens is 2. The number of hydrogen-bond donors (Lipinski definition) is 5. The number of aliphatic carboxylic acids is 2. The summed E-state index contributed by atoms with van der Waals surface area (Å²) in [6, 6.07) is 5.16. The molecule has 0 fully saturated rings. The summed E-state index contributed by atoms with van der Waals surface area (Å²) in [6.07, 6.45) is 0.989. The van der Waals surface area contributed by atoms with E-state index in [2.05, 4.69) is 26.9 Å². The molecule has 0 saturated carbocycles. The average molecular weight is 470 g/mol. The predicted molar refractivity (Wildman–Crippen MR) is 128 cm³/mol. The molecule has 0 bridgehead atoms. The number of carbonyl (C=O) groups is 3. The van der Waals surface area contributed by atoms with E-state index in [9.17, 15) is 19.5 Å². The molecule has 2 rings (SSSR count). The molecule has 12 heteroatoms. The van der Waals surface area contributed by atoms with Crippen molar-refractivity contribution in [2.45, 2.75) is 25.8 Å². The molecule has 0 saturated heterocycles. The number of aliphatic imine (C=N–C) groups is 1. The summed E-state index contributed by atoms with van der Waals surface area (Å²) in [5.74, 6) is -2.84. The van der Waals surface area contributed by atoms with Crippen molar-refractivity contribution in [1.82, 2.24) is 15.3 Å². The van der Waals surface area contributed by atoms with Gasteiger partial charge in [0.15, 0.2) is 5.82 Å². The summed E-state index contributed by atoms with van der Waals surface area (Å²) in [7, 11) is 1.82. The highest BCUT2D eigenvalue weighted by atomic mass is 16.4. The Morgan fingerprint density at radius 2 is 1.85 bits per heavy atom. The molecule has 1 amide bonds. The van der Waals surface area contributed by atoms with Crippen molar-refractivity contribution in [3.05, 3.63) is 48.2 Å². The van der Waals surface area contributed by atoms with E-state index >= 15 is 0 Å². The average Bonchev–Trinajstić information content (AvgIpc) is 2.77. The summed E-state index contributed by atoms with van der Waals surface area (Å²) in [4.78, 5) is 48.7. The molecule has 34 heavy (non-hydrogen) atoms. The smallest absolute Gasteiger partial charge is 0.326 e. The number of carbonyl (C=O) groups excluding carboxylic acids is 1. The summed E-state index contributed by atoms with van der Waals surface area (Å²) in [5, 5.41) is 20.3. The van der Waals surface area contributed by atoms with E-state index < -0.39 is 23.9 Å². The maximum Gasteiger partial charge on any atom is 0.326 e. The number of nitrogens with two attached hydrogens (primary N) is 2. The molecule has 1 aromatic heterocycles. The third-order valence-corrected chi connectivity index (χ3v) is 4.81. The second kappa shape index (κ2) is 11.4. The molecule has 2 aromatic rings. The van der Waals surface area contributed by atoms with Crippen molar-refractivity contribution in [3.63, 3.8) is 0 Å². The molecule has 1 unspecified atom stereocenters. The number of carboxylic acids is 2. The first-order valence-corrected chi connectivity index (χ1v) is 10.2. The van der Waals surface area contributed by atoms with Crippen molar-refractivity contribution >= 4 is 46.7 Å². The van der Waals surface area contributed by atoms with Crippen LogP contribution in [-0.4, -0.2) is 63.4 Å². The van der Waals surface area contributed by atoms with Gasteiger partial charge >= 0.3 is 11.9 Å². The third-order valence-electron chi connectivity index (χ3n) is 4.81. The number of aryl methyl sites for hydroxylation is 1. The van der Waals surface area contributed by atoms with Gasteiger partial charge in [0.25, 0.3) is 5.91 Å². The van der Waals surface area contributed by atoms with E-state index in [1.807, 2.05) is 11.9 Å². The van der Waals surface area contributed by atoms with E-state index in [4.69, 9.17) is 16.6 Å². The van der Waals surface area contributed by atoms with Crippen LogP contribution in [0.15, 0.2) is 41.9 Å². The summed E-state index contributed by atoms with van der Waals surface area (Å²) in [6.45, 7) is 5.86. The lowest BCUT2D eigenvalue weighted by Gasteiger charge is -2.20. The lowest BCUT2D eigenvalue weighted by Crippen LogP contribution is -2.41. The van der Waals surface area contributed by atoms with Crippen LogP contribution in [0.5, 0.6) is 0 Å². The summed E-state index contributed by atoms with van der Waals surface area (Å²) < 4.78 is 0. The van der Waals surface area contributed by atoms with Crippen LogP contribution in [0.3, 0.4) is 0 Å². The minimum Gasteiger partial charge on any atom is -0.481 e. The second-order valence-electron chi connectivity index (χ2n) is 7.41. The van der Waals surface area contributed by atoms with Gasteiger partial charge in [0, 0.05) is 24.7 Å². The van der Waals surface area contributed by atoms with E-state index in [0.29, 0.717) is 23.6 Å². The number of nitrogens with one attached hydrogen (secondary N) is 1. The molecule has 1 aromatic carbocycles. The number of hydrogen-bond acceptors (Lipinski definition) is 9. The normalized spacial score (nSPS) is 12.0. The van der Waals surface area contributed by atoms with E-state index in [0.717, 1.165) is 5.69 Å². The Morgan fingerprint density at radius 1 is 1.21 bits per heavy atom. The number of benzene rings is 1. The van der Waals surface area contributed by atoms with Crippen LogP contribution >= 0.6 is 0 Å². The first-order chi connectivity index (χ1) is 16.0. The highest BCUT2D eigenvalue weighted by molar-refractivity contribution is 6.00. The zero-order chi connectivity index (χ0) is 25.4. The molecule has 1 atom stereocenters. The van der Waals surface area contributed by atoms with Crippen LogP contribution in [0.4, 0.5) is 23.1 Å². The van der Waals surface area contributed by atoms with Crippen LogP contribution < -0.4 is 21.7 Å². The number of rotatable bonds is 11. The number of amides is 1. The van der Waals surface area contributed by atoms with Crippen molar-refractivity contribution < 1.29 is 24.6 Å². The number of nitrogens with zero attached hydrogens (tertiary/aromatic N) is 4. The first-order valence-electron chi connectivity index (χ1n) is 10.2. The summed E-state index contributed by atoms with van der Waals surface area (Å²) >= 11 is 0. The number of carboxylic acid groups (broad SMARTS) is 2. The topological polar surface area (TPSA) is 197 Å². The second-order valence-corrected chi connectivity index (χ2v) is 7.41. The molecule has 180 valence electrons. The predicted octanol–water partition coefficient (Wildman–Crippen LogP) is 1.39. The Hall–Kier alpha value is -4.48. The monoisotopic (exact) mass is 469 g/mol. The highest BCUT2D eigenvalue weighted by Gasteiger charge is 2.21. The Labute approximate surface area is 196 Å². The molecular weight excluding hydrogens is 442 g/mol. The number of nitrogen functional groups attached to an aromatic ring is 2. The van der Waals surface area contributed by atoms with Crippen LogP contribution in [0.25, 0.3) is 0 Å². The van der Waals surface area contributed by atoms with Crippen molar-refractivity contribution in [2.75, 3.05) is 30.0 Å². The molecule has 7 N–H and O–H groups in total. The SMILES string of the molecule is C=CC(CN(C)c1ccc(C(=O)NC(CCC(=O)O)C(=O)O)cc1)=Nc1c(C)nc(N)nc1N. The van der Waals surface area contributed by atoms with Crippen molar-refractivity contribution in [2.24, 2.45) is 4.99 Å². The standard InChI is InChI=1S/C22H27N7O5/c1-4-14(26-18-12(2)25-22(24)28-19(18)23)11-29(3)15-7-5-13(6-8-15)20(32)27-16(21(33)34)9-10-17(30)31/h4-8,16H,1,9-11H2,2-3H3,(H,27,32)(H,30,31)(H,33,34)(H4,23,24,25,28). The van der Waals surface area contributed by atoms with Gasteiger partial charge in [-0.05, 0) is 43.7 Å². The molecule has 0 aliphatic carbocycles. The van der Waals surface area contributed by atoms with E-state index in [-0.39, 0.29) is 30.2 Å². The van der Waals surface area contributed by atoms with Gasteiger partial charge in [-0.15, -0.1) is 0 Å². The van der Waals surface area contributed by atoms with E-state index in [1.54, 1.807) is 25.1 Å². The van der Waals surface area contributed by atoms with Gasteiger partial charge < -0.3 is 31.9 Å². The third kappa shape index (κ3) is 7.02. The maximum absolute atomic E-state index is 12.4. The van der Waals surface area contributed by atoms with Crippen molar-refractivity contribution in [1.29, 1.82) is 0 Å². The fraction of sp³-hybridized carbons (Fsp3) is 0.273. The van der Waals surface area contributed by atoms with Crippen LogP contribution in [-0.2, 0) is 9.59 Å². The maximum atomic E-state index is 12.4. The van der Waals surface area contributed by atoms with Crippen LogP contribution in [0.1, 0.15) is 28.9 Å². The van der Waals surface area contributed by atoms with Gasteiger partial charge in [-0.2, -0.15) is 4.98 Å². The zero-order valence-corrected chi connectivity index (χ0v) is 18.9. The fourth-order valence-electron chi connectivity index (χ4n) is 3.01. The Balaban J connectivity index is 2.11. The molecule has 12 nitrogen and oxygen atoms in total. The van der Waals surface area contributed by atoms with Gasteiger partial charge in [0.2, 0.25) is 5.95 Å². The minimum absolute atomic E-state index is 0.0620. The lowest BCUT2D eigenvalue weighted by atomic mass is 10.1. The molecular formula is C22H27N7O5. The van der Waals surface area contributed by atoms with Gasteiger partial charge in [-0.3, -0.25) is 9.59 Å². The Kier molecular flexibility index (Phi) is 8.65. The van der Waals surface area contributed by atoms with Crippen LogP contribution in [0, 0.1) is 6.92 Å². The quantitative estimate of drug-likeness (QED) is 0.300. The van der Waals surface area contributed by atoms with Gasteiger partial charge in [0.1, 0.15) is 11.7 Å². The fourth-order valence-corrected chi connectivity index (χ4v) is 3.01.